The lowest BCUT2D eigenvalue weighted by molar-refractivity contribution is 0.517. The molecule has 2 aromatic rings. The first-order chi connectivity index (χ1) is 9.79. The highest BCUT2D eigenvalue weighted by Gasteiger charge is 2.28. The van der Waals surface area contributed by atoms with Gasteiger partial charge in [-0.1, -0.05) is 6.92 Å². The second kappa shape index (κ2) is 6.10. The Labute approximate surface area is 128 Å². The zero-order valence-electron chi connectivity index (χ0n) is 11.5. The van der Waals surface area contributed by atoms with Crippen LogP contribution in [-0.4, -0.2) is 30.8 Å². The van der Waals surface area contributed by atoms with Crippen molar-refractivity contribution < 1.29 is 0 Å². The second-order valence-corrected chi connectivity index (χ2v) is 6.97. The molecular formula is C14H18N4S2. The average Bonchev–Trinajstić information content (AvgIpc) is 3.07. The number of nitrogens with one attached hydrogen (secondary N) is 1. The molecule has 0 radical (unpaired) electrons. The van der Waals surface area contributed by atoms with Gasteiger partial charge >= 0.3 is 0 Å². The molecule has 0 aliphatic heterocycles. The zero-order chi connectivity index (χ0) is 13.9. The first-order valence-electron chi connectivity index (χ1n) is 6.98. The Morgan fingerprint density at radius 2 is 2.20 bits per heavy atom. The minimum atomic E-state index is 0.466. The highest BCUT2D eigenvalue weighted by molar-refractivity contribution is 7.99. The molecule has 0 saturated heterocycles. The molecule has 6 heteroatoms. The molecule has 2 heterocycles. The van der Waals surface area contributed by atoms with Crippen LogP contribution in [0, 0.1) is 4.77 Å². The van der Waals surface area contributed by atoms with Crippen LogP contribution in [0.4, 0.5) is 0 Å². The largest absolute Gasteiger partial charge is 0.297 e. The van der Waals surface area contributed by atoms with E-state index in [1.54, 1.807) is 12.4 Å². The number of hydrogen-bond acceptors (Lipinski definition) is 4. The minimum Gasteiger partial charge on any atom is -0.297 e. The van der Waals surface area contributed by atoms with Gasteiger partial charge < -0.3 is 0 Å². The van der Waals surface area contributed by atoms with Crippen molar-refractivity contribution in [2.24, 2.45) is 0 Å². The molecule has 1 aliphatic rings. The van der Waals surface area contributed by atoms with Gasteiger partial charge in [-0.25, -0.2) is 0 Å². The second-order valence-electron chi connectivity index (χ2n) is 5.00. The van der Waals surface area contributed by atoms with Gasteiger partial charge in [0.05, 0.1) is 0 Å². The summed E-state index contributed by atoms with van der Waals surface area (Å²) >= 11 is 7.49. The Hall–Kier alpha value is -1.14. The molecule has 0 aromatic carbocycles. The van der Waals surface area contributed by atoms with Gasteiger partial charge in [-0.2, -0.15) is 16.9 Å². The molecule has 20 heavy (non-hydrogen) atoms. The topological polar surface area (TPSA) is 46.5 Å². The van der Waals surface area contributed by atoms with Crippen LogP contribution in [0.1, 0.15) is 32.2 Å². The maximum Gasteiger partial charge on any atom is 0.195 e. The van der Waals surface area contributed by atoms with E-state index in [9.17, 15) is 0 Å². The molecule has 3 rings (SSSR count). The average molecular weight is 306 g/mol. The predicted octanol–water partition coefficient (Wildman–Crippen LogP) is 3.85. The van der Waals surface area contributed by atoms with Crippen LogP contribution in [0.2, 0.25) is 0 Å². The third-order valence-corrected chi connectivity index (χ3v) is 5.29. The van der Waals surface area contributed by atoms with E-state index in [-0.39, 0.29) is 0 Å². The number of hydrogen-bond donors (Lipinski definition) is 1. The van der Waals surface area contributed by atoms with Gasteiger partial charge in [0, 0.05) is 29.2 Å². The van der Waals surface area contributed by atoms with Gasteiger partial charge in [0.2, 0.25) is 0 Å². The molecule has 2 aromatic heterocycles. The normalized spacial score (nSPS) is 22.2. The van der Waals surface area contributed by atoms with E-state index in [0.29, 0.717) is 6.04 Å². The predicted molar refractivity (Wildman–Crippen MR) is 85.5 cm³/mol. The third-order valence-electron chi connectivity index (χ3n) is 3.77. The van der Waals surface area contributed by atoms with Crippen molar-refractivity contribution in [2.45, 2.75) is 37.5 Å². The molecule has 1 saturated carbocycles. The molecule has 2 atom stereocenters. The lowest BCUT2D eigenvalue weighted by atomic mass is 10.2. The molecule has 0 amide bonds. The standard InChI is InChI=1S/C14H18N4S2/c1-2-20-12-4-3-11(9-12)18-13(16-17-14(18)19)10-5-7-15-8-6-10/h5-8,11-12H,2-4,9H2,1H3,(H,17,19). The molecular weight excluding hydrogens is 288 g/mol. The maximum atomic E-state index is 5.44. The van der Waals surface area contributed by atoms with Crippen LogP contribution in [-0.2, 0) is 0 Å². The number of rotatable bonds is 4. The fraction of sp³-hybridized carbons (Fsp3) is 0.500. The monoisotopic (exact) mass is 306 g/mol. The molecule has 2 unspecified atom stereocenters. The van der Waals surface area contributed by atoms with E-state index >= 15 is 0 Å². The summed E-state index contributed by atoms with van der Waals surface area (Å²) in [6.07, 6.45) is 7.23. The van der Waals surface area contributed by atoms with E-state index in [2.05, 4.69) is 38.4 Å². The summed E-state index contributed by atoms with van der Waals surface area (Å²) in [5, 5.41) is 8.12. The van der Waals surface area contributed by atoms with E-state index in [0.717, 1.165) is 21.4 Å². The number of nitrogens with zero attached hydrogens (tertiary/aromatic N) is 3. The van der Waals surface area contributed by atoms with Crippen molar-refractivity contribution >= 4 is 24.0 Å². The van der Waals surface area contributed by atoms with Crippen LogP contribution < -0.4 is 0 Å². The van der Waals surface area contributed by atoms with Gasteiger partial charge in [-0.3, -0.25) is 14.6 Å². The first kappa shape index (κ1) is 13.8. The number of pyridine rings is 1. The summed E-state index contributed by atoms with van der Waals surface area (Å²) in [6.45, 7) is 2.23. The molecule has 106 valence electrons. The Balaban J connectivity index is 1.91. The number of H-pyrrole nitrogens is 1. The van der Waals surface area contributed by atoms with Crippen LogP contribution in [0.3, 0.4) is 0 Å². The Morgan fingerprint density at radius 3 is 2.95 bits per heavy atom. The SMILES string of the molecule is CCSC1CCC(n2c(-c3ccncc3)n[nH]c2=S)C1. The maximum absolute atomic E-state index is 5.44. The van der Waals surface area contributed by atoms with E-state index in [4.69, 9.17) is 12.2 Å². The van der Waals surface area contributed by atoms with E-state index < -0.39 is 0 Å². The van der Waals surface area contributed by atoms with Crippen molar-refractivity contribution in [1.29, 1.82) is 0 Å². The lowest BCUT2D eigenvalue weighted by Gasteiger charge is -2.15. The highest BCUT2D eigenvalue weighted by atomic mass is 32.2. The van der Waals surface area contributed by atoms with Crippen molar-refractivity contribution in [2.75, 3.05) is 5.75 Å². The van der Waals surface area contributed by atoms with Crippen LogP contribution in [0.15, 0.2) is 24.5 Å². The number of aromatic amines is 1. The quantitative estimate of drug-likeness (QED) is 0.872. The van der Waals surface area contributed by atoms with Crippen molar-refractivity contribution in [3.8, 4) is 11.4 Å². The fourth-order valence-electron chi connectivity index (χ4n) is 2.89. The number of aromatic nitrogens is 4. The Kier molecular flexibility index (Phi) is 4.21. The smallest absolute Gasteiger partial charge is 0.195 e. The first-order valence-corrected chi connectivity index (χ1v) is 8.44. The minimum absolute atomic E-state index is 0.466. The molecule has 0 bridgehead atoms. The van der Waals surface area contributed by atoms with Gasteiger partial charge in [0.1, 0.15) is 0 Å². The molecule has 4 nitrogen and oxygen atoms in total. The summed E-state index contributed by atoms with van der Waals surface area (Å²) in [4.78, 5) is 4.06. The van der Waals surface area contributed by atoms with Crippen LogP contribution >= 0.6 is 24.0 Å². The number of thioether (sulfide) groups is 1. The fourth-order valence-corrected chi connectivity index (χ4v) is 4.30. The van der Waals surface area contributed by atoms with E-state index in [1.165, 1.54) is 25.0 Å². The molecule has 0 spiro atoms. The summed E-state index contributed by atoms with van der Waals surface area (Å²) in [7, 11) is 0. The van der Waals surface area contributed by atoms with Gasteiger partial charge in [-0.15, -0.1) is 0 Å². The van der Waals surface area contributed by atoms with Gasteiger partial charge in [0.25, 0.3) is 0 Å². The Morgan fingerprint density at radius 1 is 1.40 bits per heavy atom. The van der Waals surface area contributed by atoms with Crippen molar-refractivity contribution in [3.63, 3.8) is 0 Å². The highest BCUT2D eigenvalue weighted by Crippen LogP contribution is 2.38. The summed E-state index contributed by atoms with van der Waals surface area (Å²) < 4.78 is 2.92. The molecule has 1 aliphatic carbocycles. The molecule has 1 N–H and O–H groups in total. The van der Waals surface area contributed by atoms with Crippen LogP contribution in [0.5, 0.6) is 0 Å². The Bertz CT molecular complexity index is 620. The lowest BCUT2D eigenvalue weighted by Crippen LogP contribution is -2.08. The summed E-state index contributed by atoms with van der Waals surface area (Å²) in [5.41, 5.74) is 1.07. The third kappa shape index (κ3) is 2.67. The van der Waals surface area contributed by atoms with Crippen LogP contribution in [0.25, 0.3) is 11.4 Å². The summed E-state index contributed by atoms with van der Waals surface area (Å²) in [6, 6.07) is 4.43. The van der Waals surface area contributed by atoms with Crippen molar-refractivity contribution in [3.05, 3.63) is 29.3 Å². The molecule has 1 fully saturated rings. The summed E-state index contributed by atoms with van der Waals surface area (Å²) in [5.74, 6) is 2.12. The van der Waals surface area contributed by atoms with Gasteiger partial charge in [-0.05, 0) is 49.4 Å². The van der Waals surface area contributed by atoms with Crippen molar-refractivity contribution in [1.82, 2.24) is 19.7 Å². The van der Waals surface area contributed by atoms with E-state index in [1.807, 2.05) is 12.1 Å². The zero-order valence-corrected chi connectivity index (χ0v) is 13.1. The van der Waals surface area contributed by atoms with Gasteiger partial charge in [0.15, 0.2) is 10.6 Å².